The van der Waals surface area contributed by atoms with Crippen LogP contribution in [0.2, 0.25) is 0 Å². The van der Waals surface area contributed by atoms with E-state index in [1.54, 1.807) is 10.9 Å². The van der Waals surface area contributed by atoms with E-state index in [-0.39, 0.29) is 5.91 Å². The van der Waals surface area contributed by atoms with E-state index in [4.69, 9.17) is 0 Å². The molecule has 152 valence electrons. The van der Waals surface area contributed by atoms with Crippen LogP contribution in [0.1, 0.15) is 35.9 Å². The fourth-order valence-electron chi connectivity index (χ4n) is 4.28. The third-order valence-corrected chi connectivity index (χ3v) is 5.73. The lowest BCUT2D eigenvalue weighted by Crippen LogP contribution is -2.32. The van der Waals surface area contributed by atoms with Crippen molar-refractivity contribution in [3.05, 3.63) is 48.0 Å². The van der Waals surface area contributed by atoms with Gasteiger partial charge >= 0.3 is 0 Å². The lowest BCUT2D eigenvalue weighted by atomic mass is 10.1. The van der Waals surface area contributed by atoms with Gasteiger partial charge in [0.05, 0.1) is 11.4 Å². The number of carbonyl (C=O) groups is 1. The first-order valence-corrected chi connectivity index (χ1v) is 10.3. The van der Waals surface area contributed by atoms with Gasteiger partial charge in [0.25, 0.3) is 5.91 Å². The third-order valence-electron chi connectivity index (χ3n) is 5.73. The van der Waals surface area contributed by atoms with Gasteiger partial charge in [0.1, 0.15) is 0 Å². The molecule has 7 nitrogen and oxygen atoms in total. The van der Waals surface area contributed by atoms with Crippen LogP contribution in [0, 0.1) is 12.8 Å². The SMILES string of the molecule is CCCN(C)CC1CCN(C(=O)c2nnn(-c3cccc4cnccc34)c2C)C1. The van der Waals surface area contributed by atoms with Crippen LogP contribution < -0.4 is 0 Å². The van der Waals surface area contributed by atoms with Crippen molar-refractivity contribution >= 4 is 16.7 Å². The molecule has 7 heteroatoms. The molecule has 0 N–H and O–H groups in total. The first-order valence-electron chi connectivity index (χ1n) is 10.3. The number of benzene rings is 1. The summed E-state index contributed by atoms with van der Waals surface area (Å²) in [4.78, 5) is 21.6. The minimum Gasteiger partial charge on any atom is -0.337 e. The highest BCUT2D eigenvalue weighted by molar-refractivity contribution is 5.94. The van der Waals surface area contributed by atoms with Crippen molar-refractivity contribution in [2.75, 3.05) is 33.2 Å². The molecule has 1 aliphatic rings. The van der Waals surface area contributed by atoms with Crippen LogP contribution in [0.15, 0.2) is 36.7 Å². The van der Waals surface area contributed by atoms with Crippen LogP contribution >= 0.6 is 0 Å². The molecule has 4 rings (SSSR count). The van der Waals surface area contributed by atoms with E-state index in [1.807, 2.05) is 42.3 Å². The van der Waals surface area contributed by atoms with Gasteiger partial charge in [-0.05, 0) is 51.4 Å². The van der Waals surface area contributed by atoms with E-state index in [0.717, 1.165) is 61.2 Å². The summed E-state index contributed by atoms with van der Waals surface area (Å²) in [5.41, 5.74) is 2.12. The Bertz CT molecular complexity index is 1010. The average Bonchev–Trinajstić information content (AvgIpc) is 3.34. The van der Waals surface area contributed by atoms with Crippen LogP contribution in [0.3, 0.4) is 0 Å². The molecule has 1 fully saturated rings. The fraction of sp³-hybridized carbons (Fsp3) is 0.455. The molecule has 1 aliphatic heterocycles. The second-order valence-corrected chi connectivity index (χ2v) is 7.98. The molecule has 0 radical (unpaired) electrons. The van der Waals surface area contributed by atoms with E-state index >= 15 is 0 Å². The number of amides is 1. The van der Waals surface area contributed by atoms with Gasteiger partial charge in [0, 0.05) is 42.8 Å². The van der Waals surface area contributed by atoms with Crippen molar-refractivity contribution in [1.82, 2.24) is 29.8 Å². The molecule has 1 atom stereocenters. The molecule has 3 aromatic rings. The van der Waals surface area contributed by atoms with Gasteiger partial charge in [-0.15, -0.1) is 5.10 Å². The summed E-state index contributed by atoms with van der Waals surface area (Å²) in [6.07, 6.45) is 5.79. The Balaban J connectivity index is 1.54. The lowest BCUT2D eigenvalue weighted by molar-refractivity contribution is 0.0777. The Labute approximate surface area is 171 Å². The van der Waals surface area contributed by atoms with Crippen LogP contribution in [-0.2, 0) is 0 Å². The number of fused-ring (bicyclic) bond motifs is 1. The van der Waals surface area contributed by atoms with Crippen molar-refractivity contribution in [3.63, 3.8) is 0 Å². The maximum absolute atomic E-state index is 13.1. The number of nitrogens with zero attached hydrogens (tertiary/aromatic N) is 6. The predicted octanol–water partition coefficient (Wildman–Crippen LogP) is 2.93. The molecular weight excluding hydrogens is 364 g/mol. The summed E-state index contributed by atoms with van der Waals surface area (Å²) in [6.45, 7) is 7.82. The van der Waals surface area contributed by atoms with Gasteiger partial charge < -0.3 is 9.80 Å². The molecule has 1 saturated heterocycles. The van der Waals surface area contributed by atoms with Crippen LogP contribution in [0.4, 0.5) is 0 Å². The first-order chi connectivity index (χ1) is 14.1. The molecule has 0 saturated carbocycles. The lowest BCUT2D eigenvalue weighted by Gasteiger charge is -2.20. The number of rotatable bonds is 6. The quantitative estimate of drug-likeness (QED) is 0.645. The largest absolute Gasteiger partial charge is 0.337 e. The van der Waals surface area contributed by atoms with Gasteiger partial charge in [-0.25, -0.2) is 4.68 Å². The molecule has 2 aromatic heterocycles. The van der Waals surface area contributed by atoms with E-state index in [9.17, 15) is 4.79 Å². The minimum atomic E-state index is -0.0173. The Morgan fingerprint density at radius 1 is 1.31 bits per heavy atom. The average molecular weight is 393 g/mol. The normalized spacial score (nSPS) is 16.8. The van der Waals surface area contributed by atoms with E-state index in [0.29, 0.717) is 11.6 Å². The van der Waals surface area contributed by atoms with Gasteiger partial charge in [0.15, 0.2) is 5.69 Å². The van der Waals surface area contributed by atoms with Crippen molar-refractivity contribution in [2.24, 2.45) is 5.92 Å². The summed E-state index contributed by atoms with van der Waals surface area (Å²) in [7, 11) is 2.16. The second kappa shape index (κ2) is 8.29. The molecular formula is C22H28N6O. The first kappa shape index (κ1) is 19.5. The second-order valence-electron chi connectivity index (χ2n) is 7.98. The van der Waals surface area contributed by atoms with Gasteiger partial charge in [-0.2, -0.15) is 0 Å². The van der Waals surface area contributed by atoms with Gasteiger partial charge in [0.2, 0.25) is 0 Å². The fourth-order valence-corrected chi connectivity index (χ4v) is 4.28. The Hall–Kier alpha value is -2.80. The molecule has 0 bridgehead atoms. The zero-order valence-corrected chi connectivity index (χ0v) is 17.4. The van der Waals surface area contributed by atoms with Crippen LogP contribution in [0.25, 0.3) is 16.5 Å². The maximum Gasteiger partial charge on any atom is 0.276 e. The summed E-state index contributed by atoms with van der Waals surface area (Å²) < 4.78 is 1.76. The number of pyridine rings is 1. The highest BCUT2D eigenvalue weighted by Crippen LogP contribution is 2.24. The highest BCUT2D eigenvalue weighted by Gasteiger charge is 2.30. The zero-order valence-electron chi connectivity index (χ0n) is 17.4. The number of likely N-dealkylation sites (tertiary alicyclic amines) is 1. The van der Waals surface area contributed by atoms with E-state index < -0.39 is 0 Å². The Morgan fingerprint density at radius 3 is 3.00 bits per heavy atom. The smallest absolute Gasteiger partial charge is 0.276 e. The number of aromatic nitrogens is 4. The van der Waals surface area contributed by atoms with Crippen LogP contribution in [0.5, 0.6) is 0 Å². The molecule has 0 spiro atoms. The molecule has 1 unspecified atom stereocenters. The highest BCUT2D eigenvalue weighted by atomic mass is 16.2. The zero-order chi connectivity index (χ0) is 20.4. The standard InChI is InChI=1S/C22H28N6O/c1-4-11-26(3)14-17-9-12-27(15-17)22(29)21-16(2)28(25-24-21)20-7-5-6-18-13-23-10-8-19(18)20/h5-8,10,13,17H,4,9,11-12,14-15H2,1-3H3. The number of carbonyl (C=O) groups excluding carboxylic acids is 1. The summed E-state index contributed by atoms with van der Waals surface area (Å²) in [5, 5.41) is 10.6. The summed E-state index contributed by atoms with van der Waals surface area (Å²) >= 11 is 0. The summed E-state index contributed by atoms with van der Waals surface area (Å²) in [6, 6.07) is 7.95. The Morgan fingerprint density at radius 2 is 2.17 bits per heavy atom. The molecule has 0 aliphatic carbocycles. The van der Waals surface area contributed by atoms with Crippen molar-refractivity contribution < 1.29 is 4.79 Å². The molecule has 3 heterocycles. The molecule has 1 aromatic carbocycles. The maximum atomic E-state index is 13.1. The van der Waals surface area contributed by atoms with Crippen molar-refractivity contribution in [1.29, 1.82) is 0 Å². The Kier molecular flexibility index (Phi) is 5.58. The van der Waals surface area contributed by atoms with Gasteiger partial charge in [-0.3, -0.25) is 9.78 Å². The third kappa shape index (κ3) is 3.87. The van der Waals surface area contributed by atoms with Crippen molar-refractivity contribution in [3.8, 4) is 5.69 Å². The predicted molar refractivity (Wildman–Crippen MR) is 113 cm³/mol. The number of hydrogen-bond acceptors (Lipinski definition) is 5. The summed E-state index contributed by atoms with van der Waals surface area (Å²) in [5.74, 6) is 0.507. The van der Waals surface area contributed by atoms with Crippen LogP contribution in [-0.4, -0.2) is 68.9 Å². The topological polar surface area (TPSA) is 67.2 Å². The number of hydrogen-bond donors (Lipinski definition) is 0. The minimum absolute atomic E-state index is 0.0173. The van der Waals surface area contributed by atoms with E-state index in [2.05, 4.69) is 34.2 Å². The van der Waals surface area contributed by atoms with Gasteiger partial charge in [-0.1, -0.05) is 24.3 Å². The molecule has 1 amide bonds. The molecule has 29 heavy (non-hydrogen) atoms. The monoisotopic (exact) mass is 392 g/mol. The van der Waals surface area contributed by atoms with E-state index in [1.165, 1.54) is 0 Å². The van der Waals surface area contributed by atoms with Crippen molar-refractivity contribution in [2.45, 2.75) is 26.7 Å².